The Labute approximate surface area is 149 Å². The zero-order valence-electron chi connectivity index (χ0n) is 13.5. The number of pyridine rings is 3. The average molecular weight is 345 g/mol. The van der Waals surface area contributed by atoms with E-state index in [0.29, 0.717) is 0 Å². The van der Waals surface area contributed by atoms with Gasteiger partial charge in [-0.05, 0) is 48.9 Å². The van der Waals surface area contributed by atoms with E-state index in [2.05, 4.69) is 25.3 Å². The van der Waals surface area contributed by atoms with Gasteiger partial charge in [0.05, 0.1) is 10.6 Å². The van der Waals surface area contributed by atoms with E-state index in [1.54, 1.807) is 23.7 Å². The summed E-state index contributed by atoms with van der Waals surface area (Å²) in [6, 6.07) is 13.8. The van der Waals surface area contributed by atoms with Gasteiger partial charge in [0.2, 0.25) is 0 Å². The SMILES string of the molecule is Cc1ccnc(Nc2cccc(-c3cnc(-c4cccnc4)s3)n2)c1. The van der Waals surface area contributed by atoms with Crippen molar-refractivity contribution in [2.45, 2.75) is 6.92 Å². The fourth-order valence-electron chi connectivity index (χ4n) is 2.39. The van der Waals surface area contributed by atoms with Crippen molar-refractivity contribution in [1.29, 1.82) is 0 Å². The second-order valence-corrected chi connectivity index (χ2v) is 6.55. The first-order valence-corrected chi connectivity index (χ1v) is 8.63. The lowest BCUT2D eigenvalue weighted by atomic mass is 10.3. The highest BCUT2D eigenvalue weighted by molar-refractivity contribution is 7.18. The summed E-state index contributed by atoms with van der Waals surface area (Å²) in [6.07, 6.45) is 7.21. The third kappa shape index (κ3) is 3.54. The summed E-state index contributed by atoms with van der Waals surface area (Å²) in [6.45, 7) is 2.04. The first-order valence-electron chi connectivity index (χ1n) is 7.81. The van der Waals surface area contributed by atoms with Gasteiger partial charge in [0.1, 0.15) is 16.6 Å². The Morgan fingerprint density at radius 1 is 0.920 bits per heavy atom. The second kappa shape index (κ2) is 6.78. The van der Waals surface area contributed by atoms with Crippen LogP contribution >= 0.6 is 11.3 Å². The van der Waals surface area contributed by atoms with Crippen LogP contribution in [-0.4, -0.2) is 19.9 Å². The quantitative estimate of drug-likeness (QED) is 0.580. The van der Waals surface area contributed by atoms with Gasteiger partial charge in [-0.15, -0.1) is 11.3 Å². The number of thiazole rings is 1. The molecular weight excluding hydrogens is 330 g/mol. The van der Waals surface area contributed by atoms with Crippen molar-refractivity contribution in [3.05, 3.63) is 72.8 Å². The molecule has 0 amide bonds. The summed E-state index contributed by atoms with van der Waals surface area (Å²) in [7, 11) is 0. The van der Waals surface area contributed by atoms with E-state index < -0.39 is 0 Å². The predicted molar refractivity (Wildman–Crippen MR) is 101 cm³/mol. The number of hydrogen-bond acceptors (Lipinski definition) is 6. The van der Waals surface area contributed by atoms with Gasteiger partial charge in [0.15, 0.2) is 0 Å². The molecule has 0 fully saturated rings. The Hall–Kier alpha value is -3.12. The highest BCUT2D eigenvalue weighted by atomic mass is 32.1. The van der Waals surface area contributed by atoms with Gasteiger partial charge in [-0.2, -0.15) is 0 Å². The van der Waals surface area contributed by atoms with E-state index in [1.807, 2.05) is 61.8 Å². The second-order valence-electron chi connectivity index (χ2n) is 5.52. The molecule has 0 atom stereocenters. The van der Waals surface area contributed by atoms with Crippen LogP contribution in [0.5, 0.6) is 0 Å². The van der Waals surface area contributed by atoms with Crippen molar-refractivity contribution >= 4 is 23.0 Å². The molecule has 0 aliphatic rings. The number of nitrogens with one attached hydrogen (secondary N) is 1. The molecule has 0 aliphatic carbocycles. The summed E-state index contributed by atoms with van der Waals surface area (Å²) < 4.78 is 0. The molecule has 6 heteroatoms. The molecule has 0 saturated carbocycles. The molecule has 4 heterocycles. The molecule has 0 bridgehead atoms. The van der Waals surface area contributed by atoms with Gasteiger partial charge < -0.3 is 5.32 Å². The first-order chi connectivity index (χ1) is 12.3. The maximum atomic E-state index is 4.68. The van der Waals surface area contributed by atoms with E-state index >= 15 is 0 Å². The molecule has 0 aliphatic heterocycles. The number of aromatic nitrogens is 4. The van der Waals surface area contributed by atoms with Gasteiger partial charge in [-0.1, -0.05) is 6.07 Å². The summed E-state index contributed by atoms with van der Waals surface area (Å²) in [4.78, 5) is 18.6. The van der Waals surface area contributed by atoms with Gasteiger partial charge in [0, 0.05) is 30.4 Å². The lowest BCUT2D eigenvalue weighted by Crippen LogP contribution is -1.96. The first kappa shape index (κ1) is 15.4. The lowest BCUT2D eigenvalue weighted by molar-refractivity contribution is 1.24. The van der Waals surface area contributed by atoms with Crippen molar-refractivity contribution in [2.75, 3.05) is 5.32 Å². The van der Waals surface area contributed by atoms with Crippen molar-refractivity contribution < 1.29 is 0 Å². The van der Waals surface area contributed by atoms with Crippen LogP contribution in [0.15, 0.2) is 67.3 Å². The molecule has 0 radical (unpaired) electrons. The number of hydrogen-bond donors (Lipinski definition) is 1. The number of nitrogens with zero attached hydrogens (tertiary/aromatic N) is 4. The smallest absolute Gasteiger partial charge is 0.132 e. The van der Waals surface area contributed by atoms with E-state index in [9.17, 15) is 0 Å². The van der Waals surface area contributed by atoms with E-state index in [0.717, 1.165) is 38.3 Å². The van der Waals surface area contributed by atoms with Crippen molar-refractivity contribution in [1.82, 2.24) is 19.9 Å². The maximum absolute atomic E-state index is 4.68. The predicted octanol–water partition coefficient (Wildman–Crippen LogP) is 4.71. The molecule has 4 aromatic heterocycles. The molecular formula is C19H15N5S. The van der Waals surface area contributed by atoms with Crippen molar-refractivity contribution in [3.8, 4) is 21.1 Å². The topological polar surface area (TPSA) is 63.6 Å². The number of anilines is 2. The molecule has 0 saturated heterocycles. The normalized spacial score (nSPS) is 10.6. The van der Waals surface area contributed by atoms with Gasteiger partial charge in [0.25, 0.3) is 0 Å². The van der Waals surface area contributed by atoms with Crippen LogP contribution in [0.2, 0.25) is 0 Å². The largest absolute Gasteiger partial charge is 0.325 e. The highest BCUT2D eigenvalue weighted by Crippen LogP contribution is 2.31. The zero-order valence-corrected chi connectivity index (χ0v) is 14.4. The van der Waals surface area contributed by atoms with Crippen LogP contribution in [-0.2, 0) is 0 Å². The Balaban J connectivity index is 1.60. The Kier molecular flexibility index (Phi) is 4.18. The van der Waals surface area contributed by atoms with E-state index in [-0.39, 0.29) is 0 Å². The minimum Gasteiger partial charge on any atom is -0.325 e. The maximum Gasteiger partial charge on any atom is 0.132 e. The molecule has 25 heavy (non-hydrogen) atoms. The van der Waals surface area contributed by atoms with Crippen LogP contribution in [0.3, 0.4) is 0 Å². The summed E-state index contributed by atoms with van der Waals surface area (Å²) in [5.41, 5.74) is 3.04. The third-order valence-corrected chi connectivity index (χ3v) is 4.66. The fourth-order valence-corrected chi connectivity index (χ4v) is 3.27. The zero-order chi connectivity index (χ0) is 17.1. The minimum absolute atomic E-state index is 0.756. The van der Waals surface area contributed by atoms with Crippen LogP contribution in [0, 0.1) is 6.92 Å². The van der Waals surface area contributed by atoms with Crippen LogP contribution in [0.25, 0.3) is 21.1 Å². The lowest BCUT2D eigenvalue weighted by Gasteiger charge is -2.06. The molecule has 1 N–H and O–H groups in total. The number of aryl methyl sites for hydroxylation is 1. The minimum atomic E-state index is 0.756. The molecule has 4 aromatic rings. The Morgan fingerprint density at radius 2 is 1.88 bits per heavy atom. The van der Waals surface area contributed by atoms with Crippen molar-refractivity contribution in [3.63, 3.8) is 0 Å². The summed E-state index contributed by atoms with van der Waals surface area (Å²) in [5, 5.41) is 4.18. The molecule has 4 rings (SSSR count). The van der Waals surface area contributed by atoms with Crippen LogP contribution in [0.4, 0.5) is 11.6 Å². The summed E-state index contributed by atoms with van der Waals surface area (Å²) in [5.74, 6) is 1.54. The van der Waals surface area contributed by atoms with Gasteiger partial charge in [-0.3, -0.25) is 4.98 Å². The number of rotatable bonds is 4. The highest BCUT2D eigenvalue weighted by Gasteiger charge is 2.08. The average Bonchev–Trinajstić information content (AvgIpc) is 3.13. The fraction of sp³-hybridized carbons (Fsp3) is 0.0526. The molecule has 0 spiro atoms. The molecule has 0 unspecified atom stereocenters. The van der Waals surface area contributed by atoms with E-state index in [1.165, 1.54) is 0 Å². The molecule has 0 aromatic carbocycles. The van der Waals surface area contributed by atoms with Gasteiger partial charge >= 0.3 is 0 Å². The Bertz CT molecular complexity index is 997. The third-order valence-electron chi connectivity index (χ3n) is 3.59. The van der Waals surface area contributed by atoms with E-state index in [4.69, 9.17) is 0 Å². The van der Waals surface area contributed by atoms with Crippen molar-refractivity contribution in [2.24, 2.45) is 0 Å². The molecule has 122 valence electrons. The van der Waals surface area contributed by atoms with Crippen LogP contribution in [0.1, 0.15) is 5.56 Å². The Morgan fingerprint density at radius 3 is 2.72 bits per heavy atom. The standard InChI is InChI=1S/C19H15N5S/c1-13-7-9-21-18(10-13)24-17-6-2-5-15(23-17)16-12-22-19(25-16)14-4-3-8-20-11-14/h2-12H,1H3,(H,21,23,24). The van der Waals surface area contributed by atoms with Gasteiger partial charge in [-0.25, -0.2) is 15.0 Å². The monoisotopic (exact) mass is 345 g/mol. The van der Waals surface area contributed by atoms with Crippen LogP contribution < -0.4 is 5.32 Å². The molecule has 5 nitrogen and oxygen atoms in total. The summed E-state index contributed by atoms with van der Waals surface area (Å²) >= 11 is 1.60.